The highest BCUT2D eigenvalue weighted by molar-refractivity contribution is 6.48. The minimum Gasteiger partial charge on any atom is -0.404 e. The van der Waals surface area contributed by atoms with Gasteiger partial charge >= 0.3 is 7.12 Å². The van der Waals surface area contributed by atoms with Crippen LogP contribution in [0.25, 0.3) is 10.9 Å². The van der Waals surface area contributed by atoms with Crippen molar-refractivity contribution in [1.29, 1.82) is 0 Å². The lowest BCUT2D eigenvalue weighted by molar-refractivity contribution is -0.199. The fourth-order valence-corrected chi connectivity index (χ4v) is 7.96. The van der Waals surface area contributed by atoms with Crippen LogP contribution in [0.4, 0.5) is 0 Å². The number of para-hydroxylation sites is 1. The van der Waals surface area contributed by atoms with E-state index in [4.69, 9.17) is 15.0 Å². The summed E-state index contributed by atoms with van der Waals surface area (Å²) >= 11 is 0. The van der Waals surface area contributed by atoms with Crippen molar-refractivity contribution in [2.45, 2.75) is 96.8 Å². The van der Waals surface area contributed by atoms with Crippen LogP contribution in [-0.4, -0.2) is 66.7 Å². The summed E-state index contributed by atoms with van der Waals surface area (Å²) in [6, 6.07) is 7.30. The molecule has 1 saturated heterocycles. The fraction of sp³-hybridized carbons (Fsp3) is 0.667. The van der Waals surface area contributed by atoms with E-state index in [9.17, 15) is 9.59 Å². The van der Waals surface area contributed by atoms with Crippen molar-refractivity contribution in [2.24, 2.45) is 40.9 Å². The predicted molar refractivity (Wildman–Crippen MR) is 175 cm³/mol. The number of aromatic nitrogens is 1. The highest BCUT2D eigenvalue weighted by Crippen LogP contribution is 2.65. The lowest BCUT2D eigenvalue weighted by atomic mass is 9.43. The number of rotatable bonds is 12. The number of aliphatic imine (C=N–C) groups is 1. The van der Waals surface area contributed by atoms with Crippen LogP contribution in [0.3, 0.4) is 0 Å². The van der Waals surface area contributed by atoms with Gasteiger partial charge in [-0.2, -0.15) is 0 Å². The first-order valence-corrected chi connectivity index (χ1v) is 16.3. The third-order valence-corrected chi connectivity index (χ3v) is 10.5. The third kappa shape index (κ3) is 6.36. The predicted octanol–water partition coefficient (Wildman–Crippen LogP) is 3.32. The SMILES string of the molecule is CN=C(N)NCCC[C@H](NC(=O)Cc1cn(C)c2ccccc12)C(=O)N[C@@H](CC(C)C)B1O[C@@H]2C[C@@H]3C[C@@H](C3(C)C)[C@]2(C)O1. The molecule has 44 heavy (non-hydrogen) atoms. The Labute approximate surface area is 262 Å². The molecule has 240 valence electrons. The van der Waals surface area contributed by atoms with Crippen molar-refractivity contribution in [3.8, 4) is 0 Å². The molecular weight excluding hydrogens is 555 g/mol. The molecule has 1 aliphatic heterocycles. The van der Waals surface area contributed by atoms with Gasteiger partial charge in [-0.3, -0.25) is 14.6 Å². The first kappa shape index (κ1) is 32.4. The van der Waals surface area contributed by atoms with Gasteiger partial charge in [-0.05, 0) is 73.8 Å². The highest BCUT2D eigenvalue weighted by Gasteiger charge is 2.68. The summed E-state index contributed by atoms with van der Waals surface area (Å²) in [7, 11) is 3.07. The molecule has 5 N–H and O–H groups in total. The molecule has 2 amide bonds. The zero-order valence-corrected chi connectivity index (χ0v) is 27.5. The first-order valence-electron chi connectivity index (χ1n) is 16.3. The van der Waals surface area contributed by atoms with E-state index >= 15 is 0 Å². The normalized spacial score (nSPS) is 27.0. The van der Waals surface area contributed by atoms with E-state index in [1.54, 1.807) is 7.05 Å². The minimum absolute atomic E-state index is 0.0313. The standard InChI is InChI=1S/C33H51BN6O4/c1-20(2)15-28(34-43-27-18-22-17-26(32(22,3)4)33(27,5)44-34)39-30(42)24(12-10-14-37-31(35)36-6)38-29(41)16-21-19-40(7)25-13-9-8-11-23(21)25/h8-9,11,13,19-20,22,24,26-28H,10,12,14-18H2,1-7H3,(H,38,41)(H,39,42)(H3,35,36,37)/t22-,24-,26-,27+,28-,33-/m0/s1. The second-order valence-electron chi connectivity index (χ2n) is 14.3. The summed E-state index contributed by atoms with van der Waals surface area (Å²) < 4.78 is 15.4. The Kier molecular flexibility index (Phi) is 9.38. The number of carbonyl (C=O) groups excluding carboxylic acids is 2. The summed E-state index contributed by atoms with van der Waals surface area (Å²) in [4.78, 5) is 31.3. The number of guanidine groups is 1. The summed E-state index contributed by atoms with van der Waals surface area (Å²) in [6.45, 7) is 11.7. The van der Waals surface area contributed by atoms with Gasteiger partial charge in [0.05, 0.1) is 24.1 Å². The number of nitrogens with one attached hydrogen (secondary N) is 3. The molecule has 11 heteroatoms. The van der Waals surface area contributed by atoms with Gasteiger partial charge in [0.15, 0.2) is 5.96 Å². The van der Waals surface area contributed by atoms with Crippen LogP contribution in [-0.2, 0) is 32.4 Å². The van der Waals surface area contributed by atoms with Crippen molar-refractivity contribution in [2.75, 3.05) is 13.6 Å². The Balaban J connectivity index is 1.29. The van der Waals surface area contributed by atoms with Crippen molar-refractivity contribution < 1.29 is 18.9 Å². The van der Waals surface area contributed by atoms with Gasteiger partial charge in [-0.1, -0.05) is 45.9 Å². The van der Waals surface area contributed by atoms with Crippen LogP contribution in [0.1, 0.15) is 72.3 Å². The number of fused-ring (bicyclic) bond motifs is 1. The molecule has 10 nitrogen and oxygen atoms in total. The van der Waals surface area contributed by atoms with E-state index in [0.717, 1.165) is 22.9 Å². The third-order valence-electron chi connectivity index (χ3n) is 10.5. The largest absolute Gasteiger partial charge is 0.481 e. The van der Waals surface area contributed by atoms with Gasteiger partial charge in [0.2, 0.25) is 11.8 Å². The van der Waals surface area contributed by atoms with E-state index in [-0.39, 0.29) is 41.3 Å². The molecule has 0 spiro atoms. The quantitative estimate of drug-likeness (QED) is 0.127. The van der Waals surface area contributed by atoms with E-state index in [1.165, 1.54) is 6.42 Å². The molecule has 2 heterocycles. The molecule has 0 radical (unpaired) electrons. The van der Waals surface area contributed by atoms with E-state index in [2.05, 4.69) is 55.6 Å². The smallest absolute Gasteiger partial charge is 0.404 e. The molecule has 3 saturated carbocycles. The number of amides is 2. The zero-order valence-electron chi connectivity index (χ0n) is 27.5. The number of hydrogen-bond donors (Lipinski definition) is 4. The maximum atomic E-state index is 13.9. The molecular formula is C33H51BN6O4. The second kappa shape index (κ2) is 12.8. The number of nitrogens with zero attached hydrogens (tertiary/aromatic N) is 2. The monoisotopic (exact) mass is 606 g/mol. The highest BCUT2D eigenvalue weighted by atomic mass is 16.7. The number of carbonyl (C=O) groups is 2. The number of nitrogens with two attached hydrogens (primary N) is 1. The Bertz CT molecular complexity index is 1390. The van der Waals surface area contributed by atoms with Crippen LogP contribution in [0.2, 0.25) is 0 Å². The molecule has 1 aromatic heterocycles. The number of hydrogen-bond acceptors (Lipinski definition) is 5. The van der Waals surface area contributed by atoms with E-state index < -0.39 is 13.2 Å². The summed E-state index contributed by atoms with van der Waals surface area (Å²) in [5.74, 6) is 0.986. The average molecular weight is 607 g/mol. The van der Waals surface area contributed by atoms with Gasteiger partial charge in [-0.25, -0.2) is 0 Å². The van der Waals surface area contributed by atoms with Gasteiger partial charge in [0.25, 0.3) is 0 Å². The number of benzene rings is 1. The molecule has 2 bridgehead atoms. The minimum atomic E-state index is -0.722. The van der Waals surface area contributed by atoms with Crippen molar-refractivity contribution in [3.05, 3.63) is 36.0 Å². The van der Waals surface area contributed by atoms with Crippen LogP contribution < -0.4 is 21.7 Å². The summed E-state index contributed by atoms with van der Waals surface area (Å²) in [5.41, 5.74) is 7.66. The van der Waals surface area contributed by atoms with E-state index in [1.807, 2.05) is 42.1 Å². The lowest BCUT2D eigenvalue weighted by Gasteiger charge is -2.64. The topological polar surface area (TPSA) is 132 Å². The van der Waals surface area contributed by atoms with Crippen LogP contribution in [0.5, 0.6) is 0 Å². The Hall–Kier alpha value is -3.05. The van der Waals surface area contributed by atoms with E-state index in [0.29, 0.717) is 49.5 Å². The Morgan fingerprint density at radius 1 is 1.18 bits per heavy atom. The molecule has 4 aliphatic rings. The number of aryl methyl sites for hydroxylation is 1. The molecule has 4 fully saturated rings. The van der Waals surface area contributed by atoms with Gasteiger partial charge in [0, 0.05) is 37.7 Å². The Morgan fingerprint density at radius 3 is 2.64 bits per heavy atom. The molecule has 1 aromatic carbocycles. The molecule has 2 aromatic rings. The second-order valence-corrected chi connectivity index (χ2v) is 14.3. The Morgan fingerprint density at radius 2 is 1.93 bits per heavy atom. The van der Waals surface area contributed by atoms with Gasteiger partial charge in [-0.15, -0.1) is 0 Å². The lowest BCUT2D eigenvalue weighted by Crippen LogP contribution is -2.65. The van der Waals surface area contributed by atoms with Crippen LogP contribution in [0, 0.1) is 23.2 Å². The fourth-order valence-electron chi connectivity index (χ4n) is 7.96. The summed E-state index contributed by atoms with van der Waals surface area (Å²) in [5, 5.41) is 10.4. The van der Waals surface area contributed by atoms with Crippen molar-refractivity contribution in [3.63, 3.8) is 0 Å². The maximum Gasteiger partial charge on any atom is 0.481 e. The summed E-state index contributed by atoms with van der Waals surface area (Å²) in [6.07, 6.45) is 6.12. The van der Waals surface area contributed by atoms with Gasteiger partial charge in [0.1, 0.15) is 6.04 Å². The van der Waals surface area contributed by atoms with Crippen molar-refractivity contribution in [1.82, 2.24) is 20.5 Å². The van der Waals surface area contributed by atoms with Gasteiger partial charge < -0.3 is 35.6 Å². The molecule has 3 aliphatic carbocycles. The zero-order chi connectivity index (χ0) is 31.8. The average Bonchev–Trinajstić information content (AvgIpc) is 3.49. The first-order chi connectivity index (χ1) is 20.8. The molecule has 6 atom stereocenters. The molecule has 0 unspecified atom stereocenters. The maximum absolute atomic E-state index is 13.9. The van der Waals surface area contributed by atoms with Crippen molar-refractivity contribution >= 4 is 35.8 Å². The van der Waals surface area contributed by atoms with Crippen LogP contribution >= 0.6 is 0 Å². The van der Waals surface area contributed by atoms with Crippen LogP contribution in [0.15, 0.2) is 35.5 Å². The molecule has 6 rings (SSSR count).